The maximum atomic E-state index is 6.00. The quantitative estimate of drug-likeness (QED) is 0.235. The molecule has 1 aromatic heterocycles. The molecule has 0 aromatic carbocycles. The summed E-state index contributed by atoms with van der Waals surface area (Å²) in [5, 5.41) is 3.22. The van der Waals surface area contributed by atoms with Gasteiger partial charge in [-0.25, -0.2) is 9.98 Å². The molecule has 0 unspecified atom stereocenters. The number of anilines is 1. The lowest BCUT2D eigenvalue weighted by Gasteiger charge is -2.29. The van der Waals surface area contributed by atoms with Crippen molar-refractivity contribution in [3.63, 3.8) is 0 Å². The van der Waals surface area contributed by atoms with Crippen molar-refractivity contribution in [1.82, 2.24) is 10.3 Å². The number of nitrogens with two attached hydrogens (primary N) is 1. The van der Waals surface area contributed by atoms with Gasteiger partial charge < -0.3 is 20.7 Å². The Morgan fingerprint density at radius 3 is 2.73 bits per heavy atom. The van der Waals surface area contributed by atoms with Crippen molar-refractivity contribution in [2.75, 3.05) is 37.7 Å². The van der Waals surface area contributed by atoms with E-state index >= 15 is 0 Å². The van der Waals surface area contributed by atoms with Crippen LogP contribution in [0.1, 0.15) is 51.0 Å². The highest BCUT2D eigenvalue weighted by Gasteiger charge is 2.15. The first kappa shape index (κ1) is 23.0. The van der Waals surface area contributed by atoms with Crippen molar-refractivity contribution >= 4 is 35.8 Å². The van der Waals surface area contributed by atoms with Crippen LogP contribution in [0.25, 0.3) is 0 Å². The number of halogens is 1. The van der Waals surface area contributed by atoms with Gasteiger partial charge in [0.1, 0.15) is 5.82 Å². The molecule has 0 atom stereocenters. The zero-order valence-electron chi connectivity index (χ0n) is 16.0. The molecule has 7 heteroatoms. The van der Waals surface area contributed by atoms with E-state index in [4.69, 9.17) is 10.5 Å². The van der Waals surface area contributed by atoms with E-state index in [1.54, 1.807) is 0 Å². The second-order valence-corrected chi connectivity index (χ2v) is 6.48. The molecule has 0 radical (unpaired) electrons. The minimum Gasteiger partial charge on any atom is -0.378 e. The summed E-state index contributed by atoms with van der Waals surface area (Å²) in [4.78, 5) is 11.3. The maximum absolute atomic E-state index is 6.00. The number of hydrogen-bond donors (Lipinski definition) is 2. The predicted molar refractivity (Wildman–Crippen MR) is 119 cm³/mol. The summed E-state index contributed by atoms with van der Waals surface area (Å²) in [6.45, 7) is 6.94. The van der Waals surface area contributed by atoms with Crippen LogP contribution in [0, 0.1) is 0 Å². The van der Waals surface area contributed by atoms with E-state index in [9.17, 15) is 0 Å². The predicted octanol–water partition coefficient (Wildman–Crippen LogP) is 3.30. The Labute approximate surface area is 175 Å². The highest BCUT2D eigenvalue weighted by atomic mass is 127. The number of hydrogen-bond acceptors (Lipinski definition) is 4. The van der Waals surface area contributed by atoms with Gasteiger partial charge in [0.25, 0.3) is 0 Å². The number of morpholine rings is 1. The molecule has 1 saturated heterocycles. The first-order chi connectivity index (χ1) is 12.3. The van der Waals surface area contributed by atoms with Crippen molar-refractivity contribution < 1.29 is 4.74 Å². The van der Waals surface area contributed by atoms with Crippen LogP contribution in [0.2, 0.25) is 0 Å². The fourth-order valence-corrected chi connectivity index (χ4v) is 2.96. The lowest BCUT2D eigenvalue weighted by molar-refractivity contribution is 0.122. The molecule has 6 nitrogen and oxygen atoms in total. The fraction of sp³-hybridized carbons (Fsp3) is 0.684. The minimum absolute atomic E-state index is 0. The smallest absolute Gasteiger partial charge is 0.188 e. The average Bonchev–Trinajstić information content (AvgIpc) is 2.66. The Balaban J connectivity index is 0.00000338. The molecule has 0 spiro atoms. The summed E-state index contributed by atoms with van der Waals surface area (Å²) in [7, 11) is 0. The number of nitrogens with zero attached hydrogens (tertiary/aromatic N) is 3. The van der Waals surface area contributed by atoms with Crippen LogP contribution in [-0.4, -0.2) is 43.8 Å². The molecule has 0 saturated carbocycles. The number of guanidine groups is 1. The van der Waals surface area contributed by atoms with E-state index in [2.05, 4.69) is 33.2 Å². The number of pyridine rings is 1. The summed E-state index contributed by atoms with van der Waals surface area (Å²) in [6, 6.07) is 4.02. The summed E-state index contributed by atoms with van der Waals surface area (Å²) >= 11 is 0. The number of ether oxygens (including phenoxy) is 1. The van der Waals surface area contributed by atoms with Gasteiger partial charge in [0.05, 0.1) is 19.8 Å². The van der Waals surface area contributed by atoms with Crippen molar-refractivity contribution in [3.05, 3.63) is 23.9 Å². The van der Waals surface area contributed by atoms with Crippen LogP contribution < -0.4 is 16.0 Å². The molecule has 1 fully saturated rings. The SMILES string of the molecule is CCCCCCCCNC(N)=NCc1cccnc1N1CCOCC1.I. The molecule has 148 valence electrons. The van der Waals surface area contributed by atoms with Crippen LogP contribution in [0.3, 0.4) is 0 Å². The third-order valence-corrected chi connectivity index (χ3v) is 4.43. The van der Waals surface area contributed by atoms with Crippen molar-refractivity contribution in [2.45, 2.75) is 52.0 Å². The second kappa shape index (κ2) is 14.0. The molecule has 0 bridgehead atoms. The molecular formula is C19H34IN5O. The lowest BCUT2D eigenvalue weighted by atomic mass is 10.1. The molecule has 2 rings (SSSR count). The topological polar surface area (TPSA) is 75.8 Å². The van der Waals surface area contributed by atoms with Gasteiger partial charge in [-0.1, -0.05) is 45.1 Å². The van der Waals surface area contributed by atoms with Crippen LogP contribution >= 0.6 is 24.0 Å². The van der Waals surface area contributed by atoms with Gasteiger partial charge in [0.2, 0.25) is 0 Å². The van der Waals surface area contributed by atoms with Crippen molar-refractivity contribution in [2.24, 2.45) is 10.7 Å². The third kappa shape index (κ3) is 8.53. The molecular weight excluding hydrogens is 441 g/mol. The monoisotopic (exact) mass is 475 g/mol. The Morgan fingerprint density at radius 2 is 1.96 bits per heavy atom. The van der Waals surface area contributed by atoms with Gasteiger partial charge >= 0.3 is 0 Å². The molecule has 26 heavy (non-hydrogen) atoms. The summed E-state index contributed by atoms with van der Waals surface area (Å²) in [5.41, 5.74) is 7.10. The standard InChI is InChI=1S/C19H33N5O.HI/c1-2-3-4-5-6-7-10-22-19(20)23-16-17-9-8-11-21-18(17)24-12-14-25-15-13-24;/h8-9,11H,2-7,10,12-16H2,1H3,(H3,20,22,23);1H. The molecule has 0 aliphatic carbocycles. The molecule has 3 N–H and O–H groups in total. The van der Waals surface area contributed by atoms with Gasteiger partial charge in [-0.15, -0.1) is 24.0 Å². The van der Waals surface area contributed by atoms with Crippen LogP contribution in [-0.2, 0) is 11.3 Å². The van der Waals surface area contributed by atoms with Crippen LogP contribution in [0.15, 0.2) is 23.3 Å². The number of aromatic nitrogens is 1. The molecule has 2 heterocycles. The van der Waals surface area contributed by atoms with E-state index in [-0.39, 0.29) is 24.0 Å². The number of nitrogens with one attached hydrogen (secondary N) is 1. The number of unbranched alkanes of at least 4 members (excludes halogenated alkanes) is 5. The van der Waals surface area contributed by atoms with Gasteiger partial charge in [0, 0.05) is 31.4 Å². The molecule has 1 aromatic rings. The van der Waals surface area contributed by atoms with Crippen molar-refractivity contribution in [3.8, 4) is 0 Å². The zero-order valence-corrected chi connectivity index (χ0v) is 18.3. The highest BCUT2D eigenvalue weighted by molar-refractivity contribution is 14.0. The van der Waals surface area contributed by atoms with Gasteiger partial charge in [0.15, 0.2) is 5.96 Å². The molecule has 0 amide bonds. The first-order valence-electron chi connectivity index (χ1n) is 9.61. The zero-order chi connectivity index (χ0) is 17.7. The summed E-state index contributed by atoms with van der Waals surface area (Å²) in [6.07, 6.45) is 9.51. The Morgan fingerprint density at radius 1 is 1.23 bits per heavy atom. The van der Waals surface area contributed by atoms with E-state index in [1.807, 2.05) is 12.3 Å². The van der Waals surface area contributed by atoms with Crippen molar-refractivity contribution in [1.29, 1.82) is 0 Å². The fourth-order valence-electron chi connectivity index (χ4n) is 2.96. The lowest BCUT2D eigenvalue weighted by Crippen LogP contribution is -2.37. The summed E-state index contributed by atoms with van der Waals surface area (Å²) in [5.74, 6) is 1.52. The maximum Gasteiger partial charge on any atom is 0.188 e. The summed E-state index contributed by atoms with van der Waals surface area (Å²) < 4.78 is 5.42. The van der Waals surface area contributed by atoms with Gasteiger partial charge in [-0.3, -0.25) is 0 Å². The number of aliphatic imine (C=N–C) groups is 1. The Bertz CT molecular complexity index is 520. The highest BCUT2D eigenvalue weighted by Crippen LogP contribution is 2.19. The van der Waals surface area contributed by atoms with E-state index in [0.29, 0.717) is 12.5 Å². The number of rotatable bonds is 10. The largest absolute Gasteiger partial charge is 0.378 e. The second-order valence-electron chi connectivity index (χ2n) is 6.48. The Hall–Kier alpha value is -1.09. The van der Waals surface area contributed by atoms with E-state index in [0.717, 1.165) is 50.7 Å². The van der Waals surface area contributed by atoms with E-state index < -0.39 is 0 Å². The minimum atomic E-state index is 0. The van der Waals surface area contributed by atoms with Crippen LogP contribution in [0.5, 0.6) is 0 Å². The van der Waals surface area contributed by atoms with E-state index in [1.165, 1.54) is 32.1 Å². The third-order valence-electron chi connectivity index (χ3n) is 4.43. The van der Waals surface area contributed by atoms with Crippen LogP contribution in [0.4, 0.5) is 5.82 Å². The van der Waals surface area contributed by atoms with Gasteiger partial charge in [-0.2, -0.15) is 0 Å². The Kier molecular flexibility index (Phi) is 12.4. The average molecular weight is 475 g/mol. The normalized spacial score (nSPS) is 14.8. The molecule has 1 aliphatic heterocycles. The molecule has 1 aliphatic rings. The van der Waals surface area contributed by atoms with Gasteiger partial charge in [-0.05, 0) is 12.5 Å². The first-order valence-corrected chi connectivity index (χ1v) is 9.61.